The van der Waals surface area contributed by atoms with Crippen LogP contribution in [0.1, 0.15) is 5.69 Å². The van der Waals surface area contributed by atoms with E-state index in [1.165, 1.54) is 12.1 Å². The first-order valence-electron chi connectivity index (χ1n) is 4.98. The van der Waals surface area contributed by atoms with Gasteiger partial charge in [0.2, 0.25) is 0 Å². The number of benzene rings is 1. The maximum atomic E-state index is 10.6. The fourth-order valence-corrected chi connectivity index (χ4v) is 1.65. The second-order valence-corrected chi connectivity index (χ2v) is 4.26. The second kappa shape index (κ2) is 5.56. The van der Waals surface area contributed by atoms with E-state index >= 15 is 0 Å². The molecule has 1 aromatic heterocycles. The predicted octanol–water partition coefficient (Wildman–Crippen LogP) is 1.90. The van der Waals surface area contributed by atoms with Crippen molar-refractivity contribution >= 4 is 11.1 Å². The number of aromatic nitrogens is 1. The molecule has 1 unspecified atom stereocenters. The van der Waals surface area contributed by atoms with Gasteiger partial charge in [0.15, 0.2) is 0 Å². The molecule has 0 aliphatic heterocycles. The van der Waals surface area contributed by atoms with Gasteiger partial charge in [-0.05, 0) is 47.5 Å². The molecular weight excluding hydrogens is 238 g/mol. The highest BCUT2D eigenvalue weighted by Crippen LogP contribution is 2.15. The first kappa shape index (κ1) is 11.8. The Bertz CT molecular complexity index is 499. The first-order valence-corrected chi connectivity index (χ1v) is 6.05. The van der Waals surface area contributed by atoms with Gasteiger partial charge < -0.3 is 9.29 Å². The fraction of sp³-hybridized carbons (Fsp3) is 0.0833. The third kappa shape index (κ3) is 3.37. The predicted molar refractivity (Wildman–Crippen MR) is 62.2 cm³/mol. The Morgan fingerprint density at radius 1 is 1.18 bits per heavy atom. The molecule has 2 rings (SSSR count). The summed E-state index contributed by atoms with van der Waals surface area (Å²) in [4.78, 5) is 4.36. The monoisotopic (exact) mass is 248 g/mol. The van der Waals surface area contributed by atoms with Crippen molar-refractivity contribution in [2.24, 2.45) is 0 Å². The Kier molecular flexibility index (Phi) is 3.85. The molecule has 0 spiro atoms. The van der Waals surface area contributed by atoms with E-state index in [-0.39, 0.29) is 4.90 Å². The lowest BCUT2D eigenvalue weighted by Crippen LogP contribution is -1.97. The van der Waals surface area contributed by atoms with E-state index in [2.05, 4.69) is 4.98 Å². The zero-order chi connectivity index (χ0) is 12.1. The number of hydrogen-bond acceptors (Lipinski definition) is 4. The topological polar surface area (TPSA) is 62.2 Å². The van der Waals surface area contributed by atoms with E-state index < -0.39 is 11.1 Å². The van der Waals surface area contributed by atoms with E-state index in [4.69, 9.17) is 4.74 Å². The third-order valence-corrected chi connectivity index (χ3v) is 2.79. The molecule has 0 aliphatic rings. The Balaban J connectivity index is 1.98. The summed E-state index contributed by atoms with van der Waals surface area (Å²) < 4.78 is 26.7. The van der Waals surface area contributed by atoms with Crippen LogP contribution in [0.3, 0.4) is 0 Å². The molecule has 0 saturated heterocycles. The summed E-state index contributed by atoms with van der Waals surface area (Å²) in [5.74, 6) is 0.616. The third-order valence-electron chi connectivity index (χ3n) is 2.13. The van der Waals surface area contributed by atoms with Crippen molar-refractivity contribution in [2.75, 3.05) is 0 Å². The van der Waals surface area contributed by atoms with Gasteiger partial charge in [-0.1, -0.05) is 6.07 Å². The highest BCUT2D eigenvalue weighted by atomic mass is 32.2. The minimum absolute atomic E-state index is 0.246. The van der Waals surface area contributed by atoms with Gasteiger partial charge in [0.1, 0.15) is 12.4 Å². The molecule has 0 bridgehead atoms. The molecule has 0 amide bonds. The second-order valence-electron chi connectivity index (χ2n) is 3.32. The number of hydrogen-bond donors (Lipinski definition) is 0. The van der Waals surface area contributed by atoms with Crippen LogP contribution in [0.2, 0.25) is 0 Å². The quantitative estimate of drug-likeness (QED) is 0.775. The SMILES string of the molecule is O=S([O-])c1ccc(OCc2ccccn2)cc1. The number of rotatable bonds is 4. The van der Waals surface area contributed by atoms with Gasteiger partial charge in [0.05, 0.1) is 5.69 Å². The molecule has 1 atom stereocenters. The molecule has 0 fully saturated rings. The van der Waals surface area contributed by atoms with Gasteiger partial charge in [-0.2, -0.15) is 0 Å². The molecule has 17 heavy (non-hydrogen) atoms. The van der Waals surface area contributed by atoms with Gasteiger partial charge in [-0.15, -0.1) is 0 Å². The Hall–Kier alpha value is -1.72. The van der Waals surface area contributed by atoms with Crippen LogP contribution >= 0.6 is 0 Å². The molecule has 88 valence electrons. The normalized spacial score (nSPS) is 12.1. The minimum Gasteiger partial charge on any atom is -0.768 e. The highest BCUT2D eigenvalue weighted by molar-refractivity contribution is 7.79. The minimum atomic E-state index is -2.20. The summed E-state index contributed by atoms with van der Waals surface area (Å²) in [6, 6.07) is 11.8. The van der Waals surface area contributed by atoms with Crippen LogP contribution in [0.5, 0.6) is 5.75 Å². The van der Waals surface area contributed by atoms with Gasteiger partial charge in [0, 0.05) is 11.1 Å². The lowest BCUT2D eigenvalue weighted by atomic mass is 10.3. The molecular formula is C12H10NO3S-. The van der Waals surface area contributed by atoms with E-state index in [9.17, 15) is 8.76 Å². The van der Waals surface area contributed by atoms with Crippen LogP contribution in [-0.4, -0.2) is 13.7 Å². The van der Waals surface area contributed by atoms with Crippen LogP contribution in [0, 0.1) is 0 Å². The smallest absolute Gasteiger partial charge is 0.130 e. The summed E-state index contributed by atoms with van der Waals surface area (Å²) >= 11 is -2.20. The van der Waals surface area contributed by atoms with Crippen molar-refractivity contribution < 1.29 is 13.5 Å². The number of pyridine rings is 1. The van der Waals surface area contributed by atoms with E-state index in [1.54, 1.807) is 18.3 Å². The van der Waals surface area contributed by atoms with E-state index in [0.717, 1.165) is 5.69 Å². The Labute approximate surface area is 102 Å². The maximum Gasteiger partial charge on any atom is 0.130 e. The van der Waals surface area contributed by atoms with Gasteiger partial charge in [-0.3, -0.25) is 9.19 Å². The molecule has 4 nitrogen and oxygen atoms in total. The summed E-state index contributed by atoms with van der Waals surface area (Å²) in [6.07, 6.45) is 1.70. The summed E-state index contributed by atoms with van der Waals surface area (Å²) in [7, 11) is 0. The maximum absolute atomic E-state index is 10.6. The number of ether oxygens (including phenoxy) is 1. The van der Waals surface area contributed by atoms with Crippen molar-refractivity contribution in [2.45, 2.75) is 11.5 Å². The first-order chi connectivity index (χ1) is 8.25. The lowest BCUT2D eigenvalue weighted by Gasteiger charge is -2.08. The fourth-order valence-electron chi connectivity index (χ4n) is 1.29. The zero-order valence-electron chi connectivity index (χ0n) is 8.91. The highest BCUT2D eigenvalue weighted by Gasteiger charge is 1.97. The average molecular weight is 248 g/mol. The summed E-state index contributed by atoms with van der Waals surface area (Å²) in [6.45, 7) is 0.362. The molecule has 0 aliphatic carbocycles. The standard InChI is InChI=1S/C12H11NO3S/c14-17(15)12-6-4-11(5-7-12)16-9-10-3-1-2-8-13-10/h1-8H,9H2,(H,14,15)/p-1. The average Bonchev–Trinajstić information content (AvgIpc) is 2.38. The van der Waals surface area contributed by atoms with E-state index in [1.807, 2.05) is 18.2 Å². The van der Waals surface area contributed by atoms with Crippen LogP contribution in [0.4, 0.5) is 0 Å². The van der Waals surface area contributed by atoms with Crippen molar-refractivity contribution in [3.63, 3.8) is 0 Å². The zero-order valence-corrected chi connectivity index (χ0v) is 9.72. The molecule has 2 aromatic rings. The summed E-state index contributed by atoms with van der Waals surface area (Å²) in [5.41, 5.74) is 0.823. The molecule has 0 saturated carbocycles. The lowest BCUT2D eigenvalue weighted by molar-refractivity contribution is 0.301. The molecule has 1 aromatic carbocycles. The number of nitrogens with zero attached hydrogens (tertiary/aromatic N) is 1. The van der Waals surface area contributed by atoms with Crippen LogP contribution in [0.15, 0.2) is 53.6 Å². The molecule has 0 N–H and O–H groups in total. The van der Waals surface area contributed by atoms with Crippen molar-refractivity contribution in [1.82, 2.24) is 4.98 Å². The summed E-state index contributed by atoms with van der Waals surface area (Å²) in [5, 5.41) is 0. The largest absolute Gasteiger partial charge is 0.768 e. The molecule has 5 heteroatoms. The molecule has 1 heterocycles. The van der Waals surface area contributed by atoms with E-state index in [0.29, 0.717) is 12.4 Å². The van der Waals surface area contributed by atoms with Gasteiger partial charge >= 0.3 is 0 Å². The van der Waals surface area contributed by atoms with Gasteiger partial charge in [0.25, 0.3) is 0 Å². The van der Waals surface area contributed by atoms with Crippen molar-refractivity contribution in [3.8, 4) is 5.75 Å². The van der Waals surface area contributed by atoms with Crippen LogP contribution in [0.25, 0.3) is 0 Å². The van der Waals surface area contributed by atoms with Crippen molar-refractivity contribution in [1.29, 1.82) is 0 Å². The Morgan fingerprint density at radius 2 is 1.94 bits per heavy atom. The van der Waals surface area contributed by atoms with Crippen LogP contribution < -0.4 is 4.74 Å². The van der Waals surface area contributed by atoms with Gasteiger partial charge in [-0.25, -0.2) is 0 Å². The van der Waals surface area contributed by atoms with Crippen molar-refractivity contribution in [3.05, 3.63) is 54.4 Å². The molecule has 0 radical (unpaired) electrons. The van der Waals surface area contributed by atoms with Crippen LogP contribution in [-0.2, 0) is 17.7 Å². The Morgan fingerprint density at radius 3 is 2.53 bits per heavy atom.